The maximum Gasteiger partial charge on any atom is 0.0104 e. The summed E-state index contributed by atoms with van der Waals surface area (Å²) in [6.45, 7) is 8.11. The lowest BCUT2D eigenvalue weighted by Crippen LogP contribution is -2.47. The maximum absolute atomic E-state index is 3.53. The smallest absolute Gasteiger partial charge is 0.0104 e. The molecule has 1 N–H and O–H groups in total. The molecule has 116 valence electrons. The molecule has 0 amide bonds. The van der Waals surface area contributed by atoms with Gasteiger partial charge in [0.25, 0.3) is 0 Å². The molecule has 0 atom stereocenters. The first-order valence-electron chi connectivity index (χ1n) is 8.97. The molecule has 0 aromatic rings. The van der Waals surface area contributed by atoms with E-state index in [1.54, 1.807) is 38.5 Å². The van der Waals surface area contributed by atoms with E-state index in [0.29, 0.717) is 6.04 Å². The highest BCUT2D eigenvalue weighted by molar-refractivity contribution is 5.01. The van der Waals surface area contributed by atoms with Crippen LogP contribution in [-0.4, -0.2) is 37.6 Å². The van der Waals surface area contributed by atoms with Crippen LogP contribution in [0.25, 0.3) is 0 Å². The van der Waals surface area contributed by atoms with Crippen molar-refractivity contribution in [3.05, 3.63) is 0 Å². The molecule has 0 aromatic heterocycles. The van der Waals surface area contributed by atoms with Crippen LogP contribution in [0, 0.1) is 23.2 Å². The van der Waals surface area contributed by atoms with Crippen molar-refractivity contribution >= 4 is 0 Å². The lowest BCUT2D eigenvalue weighted by atomic mass is 9.49. The Balaban J connectivity index is 1.44. The van der Waals surface area contributed by atoms with E-state index in [1.165, 1.54) is 19.5 Å². The average Bonchev–Trinajstić information content (AvgIpc) is 2.34. The molecule has 2 heteroatoms. The van der Waals surface area contributed by atoms with E-state index in [1.807, 2.05) is 0 Å². The summed E-state index contributed by atoms with van der Waals surface area (Å²) in [7, 11) is 2.31. The van der Waals surface area contributed by atoms with Crippen molar-refractivity contribution in [2.75, 3.05) is 26.7 Å². The molecule has 4 fully saturated rings. The summed E-state index contributed by atoms with van der Waals surface area (Å²) < 4.78 is 0. The number of nitrogens with one attached hydrogen (secondary N) is 1. The van der Waals surface area contributed by atoms with Crippen molar-refractivity contribution in [1.29, 1.82) is 0 Å². The van der Waals surface area contributed by atoms with Gasteiger partial charge in [0, 0.05) is 19.1 Å². The zero-order chi connectivity index (χ0) is 14.2. The second kappa shape index (κ2) is 5.96. The van der Waals surface area contributed by atoms with E-state index in [0.717, 1.165) is 29.7 Å². The molecular weight excluding hydrogens is 244 g/mol. The van der Waals surface area contributed by atoms with Crippen LogP contribution in [0.1, 0.15) is 58.8 Å². The van der Waals surface area contributed by atoms with E-state index in [4.69, 9.17) is 0 Å². The summed E-state index contributed by atoms with van der Waals surface area (Å²) in [5, 5.41) is 3.53. The van der Waals surface area contributed by atoms with Crippen LogP contribution in [0.5, 0.6) is 0 Å². The summed E-state index contributed by atoms with van der Waals surface area (Å²) in [6.07, 6.45) is 10.9. The molecule has 0 unspecified atom stereocenters. The monoisotopic (exact) mass is 278 g/mol. The number of likely N-dealkylation sites (N-methyl/N-ethyl adjacent to an activating group) is 1. The van der Waals surface area contributed by atoms with Gasteiger partial charge < -0.3 is 10.2 Å². The first-order valence-corrected chi connectivity index (χ1v) is 8.97. The first-order chi connectivity index (χ1) is 9.55. The molecule has 0 aromatic carbocycles. The van der Waals surface area contributed by atoms with Gasteiger partial charge in [-0.3, -0.25) is 0 Å². The third-order valence-electron chi connectivity index (χ3n) is 6.24. The van der Waals surface area contributed by atoms with Gasteiger partial charge in [0.05, 0.1) is 0 Å². The third-order valence-corrected chi connectivity index (χ3v) is 6.24. The Bertz CT molecular complexity index is 288. The van der Waals surface area contributed by atoms with Gasteiger partial charge in [-0.2, -0.15) is 0 Å². The lowest BCUT2D eigenvalue weighted by molar-refractivity contribution is -0.0602. The summed E-state index contributed by atoms with van der Waals surface area (Å²) in [5.41, 5.74) is 0.758. The fraction of sp³-hybridized carbons (Fsp3) is 1.00. The topological polar surface area (TPSA) is 15.3 Å². The summed E-state index contributed by atoms with van der Waals surface area (Å²) >= 11 is 0. The fourth-order valence-electron chi connectivity index (χ4n) is 5.68. The second-order valence-corrected chi connectivity index (χ2v) is 8.58. The van der Waals surface area contributed by atoms with E-state index >= 15 is 0 Å². The molecule has 4 aliphatic carbocycles. The number of nitrogens with zero attached hydrogens (tertiary/aromatic N) is 1. The highest BCUT2D eigenvalue weighted by Gasteiger charge is 2.50. The van der Waals surface area contributed by atoms with Crippen molar-refractivity contribution in [3.8, 4) is 0 Å². The molecule has 20 heavy (non-hydrogen) atoms. The Morgan fingerprint density at radius 2 is 1.55 bits per heavy atom. The molecule has 0 heterocycles. The molecule has 4 aliphatic rings. The van der Waals surface area contributed by atoms with Gasteiger partial charge in [-0.15, -0.1) is 0 Å². The Kier molecular flexibility index (Phi) is 4.42. The van der Waals surface area contributed by atoms with Crippen LogP contribution < -0.4 is 5.32 Å². The van der Waals surface area contributed by atoms with E-state index in [9.17, 15) is 0 Å². The predicted octanol–water partition coefficient (Wildman–Crippen LogP) is 3.52. The van der Waals surface area contributed by atoms with Gasteiger partial charge in [0.2, 0.25) is 0 Å². The fourth-order valence-corrected chi connectivity index (χ4v) is 5.68. The minimum Gasteiger partial charge on any atom is -0.313 e. The normalized spacial score (nSPS) is 39.1. The average molecular weight is 278 g/mol. The summed E-state index contributed by atoms with van der Waals surface area (Å²) in [5.74, 6) is 3.32. The molecular formula is C18H34N2. The molecule has 2 nitrogen and oxygen atoms in total. The van der Waals surface area contributed by atoms with Gasteiger partial charge in [0.1, 0.15) is 0 Å². The predicted molar refractivity (Wildman–Crippen MR) is 85.9 cm³/mol. The van der Waals surface area contributed by atoms with E-state index in [-0.39, 0.29) is 0 Å². The highest BCUT2D eigenvalue weighted by atomic mass is 15.1. The third kappa shape index (κ3) is 3.39. The molecule has 4 saturated carbocycles. The summed E-state index contributed by atoms with van der Waals surface area (Å²) in [4.78, 5) is 2.55. The summed E-state index contributed by atoms with van der Waals surface area (Å²) in [6, 6.07) is 0.617. The van der Waals surface area contributed by atoms with Gasteiger partial charge in [-0.05, 0) is 81.7 Å². The minimum absolute atomic E-state index is 0.617. The Hall–Kier alpha value is -0.0800. The number of hydrogen-bond donors (Lipinski definition) is 1. The van der Waals surface area contributed by atoms with Crippen molar-refractivity contribution in [2.24, 2.45) is 23.2 Å². The van der Waals surface area contributed by atoms with Crippen LogP contribution in [0.2, 0.25) is 0 Å². The van der Waals surface area contributed by atoms with Gasteiger partial charge in [0.15, 0.2) is 0 Å². The van der Waals surface area contributed by atoms with Gasteiger partial charge in [-0.25, -0.2) is 0 Å². The Labute approximate surface area is 125 Å². The molecule has 0 saturated heterocycles. The first kappa shape index (κ1) is 14.8. The van der Waals surface area contributed by atoms with Crippen molar-refractivity contribution in [3.63, 3.8) is 0 Å². The van der Waals surface area contributed by atoms with Crippen LogP contribution in [-0.2, 0) is 0 Å². The highest BCUT2D eigenvalue weighted by Crippen LogP contribution is 2.61. The molecule has 4 bridgehead atoms. The molecule has 4 rings (SSSR count). The van der Waals surface area contributed by atoms with Crippen LogP contribution in [0.15, 0.2) is 0 Å². The van der Waals surface area contributed by atoms with E-state index in [2.05, 4.69) is 31.1 Å². The Morgan fingerprint density at radius 1 is 1.00 bits per heavy atom. The van der Waals surface area contributed by atoms with Crippen LogP contribution in [0.4, 0.5) is 0 Å². The van der Waals surface area contributed by atoms with Gasteiger partial charge >= 0.3 is 0 Å². The van der Waals surface area contributed by atoms with E-state index < -0.39 is 0 Å². The minimum atomic E-state index is 0.617. The van der Waals surface area contributed by atoms with Crippen LogP contribution in [0.3, 0.4) is 0 Å². The maximum atomic E-state index is 3.53. The number of rotatable bonds is 7. The van der Waals surface area contributed by atoms with Crippen molar-refractivity contribution in [2.45, 2.75) is 64.8 Å². The number of hydrogen-bond acceptors (Lipinski definition) is 2. The second-order valence-electron chi connectivity index (χ2n) is 8.58. The zero-order valence-electron chi connectivity index (χ0n) is 13.8. The SMILES string of the molecule is CC(C)NCCN(C)CCC12CC3CC(CC(C3)C1)C2. The molecule has 0 spiro atoms. The quantitative estimate of drug-likeness (QED) is 0.766. The Morgan fingerprint density at radius 3 is 2.05 bits per heavy atom. The largest absolute Gasteiger partial charge is 0.313 e. The van der Waals surface area contributed by atoms with Crippen molar-refractivity contribution < 1.29 is 0 Å². The standard InChI is InChI=1S/C18H34N2/c1-14(2)19-5-7-20(3)6-4-18-11-15-8-16(12-18)10-17(9-15)13-18/h14-17,19H,4-13H2,1-3H3. The zero-order valence-corrected chi connectivity index (χ0v) is 13.8. The lowest BCUT2D eigenvalue weighted by Gasteiger charge is -2.57. The van der Waals surface area contributed by atoms with Gasteiger partial charge in [-0.1, -0.05) is 13.8 Å². The molecule has 0 radical (unpaired) electrons. The van der Waals surface area contributed by atoms with Crippen molar-refractivity contribution in [1.82, 2.24) is 10.2 Å². The molecule has 0 aliphatic heterocycles. The van der Waals surface area contributed by atoms with Crippen LogP contribution >= 0.6 is 0 Å².